The van der Waals surface area contributed by atoms with Crippen molar-refractivity contribution in [2.45, 2.75) is 25.3 Å². The van der Waals surface area contributed by atoms with Gasteiger partial charge in [0.1, 0.15) is 11.6 Å². The monoisotopic (exact) mass is 222 g/mol. The lowest BCUT2D eigenvalue weighted by Gasteiger charge is -2.17. The lowest BCUT2D eigenvalue weighted by molar-refractivity contribution is 0.576. The third-order valence-electron chi connectivity index (χ3n) is 2.95. The van der Waals surface area contributed by atoms with E-state index in [0.717, 1.165) is 25.3 Å². The quantitative estimate of drug-likeness (QED) is 0.834. The highest BCUT2D eigenvalue weighted by Crippen LogP contribution is 2.28. The summed E-state index contributed by atoms with van der Waals surface area (Å²) in [5.41, 5.74) is 0.272. The maximum Gasteiger partial charge on any atom is 0.149 e. The molecule has 1 fully saturated rings. The zero-order valence-corrected chi connectivity index (χ0v) is 8.71. The Bertz CT molecular complexity index is 426. The van der Waals surface area contributed by atoms with Gasteiger partial charge in [0, 0.05) is 12.1 Å². The Kier molecular flexibility index (Phi) is 3.04. The van der Waals surface area contributed by atoms with Crippen LogP contribution in [0.4, 0.5) is 14.5 Å². The number of halogens is 2. The van der Waals surface area contributed by atoms with Crippen molar-refractivity contribution < 1.29 is 8.78 Å². The zero-order valence-electron chi connectivity index (χ0n) is 8.71. The van der Waals surface area contributed by atoms with Gasteiger partial charge in [-0.2, -0.15) is 5.26 Å². The van der Waals surface area contributed by atoms with Crippen LogP contribution in [0.3, 0.4) is 0 Å². The second-order valence-electron chi connectivity index (χ2n) is 4.04. The molecular formula is C12H12F2N2. The Morgan fingerprint density at radius 3 is 2.81 bits per heavy atom. The first-order valence-electron chi connectivity index (χ1n) is 5.32. The lowest BCUT2D eigenvalue weighted by atomic mass is 10.1. The van der Waals surface area contributed by atoms with Crippen LogP contribution in [0.5, 0.6) is 0 Å². The number of nitriles is 1. The minimum absolute atomic E-state index is 0.0232. The minimum atomic E-state index is -0.608. The largest absolute Gasteiger partial charge is 0.379 e. The summed E-state index contributed by atoms with van der Waals surface area (Å²) in [7, 11) is 0. The normalized spacial score (nSPS) is 24.1. The number of benzene rings is 1. The van der Waals surface area contributed by atoms with Gasteiger partial charge in [0.15, 0.2) is 0 Å². The first-order chi connectivity index (χ1) is 7.70. The highest BCUT2D eigenvalue weighted by Gasteiger charge is 2.27. The van der Waals surface area contributed by atoms with Crippen molar-refractivity contribution in [2.75, 3.05) is 5.32 Å². The van der Waals surface area contributed by atoms with E-state index in [4.69, 9.17) is 5.26 Å². The van der Waals surface area contributed by atoms with Gasteiger partial charge < -0.3 is 5.32 Å². The average Bonchev–Trinajstić information content (AvgIpc) is 2.69. The van der Waals surface area contributed by atoms with Crippen LogP contribution >= 0.6 is 0 Å². The van der Waals surface area contributed by atoms with Crippen LogP contribution in [0.1, 0.15) is 19.3 Å². The van der Waals surface area contributed by atoms with Crippen molar-refractivity contribution in [1.29, 1.82) is 5.26 Å². The van der Waals surface area contributed by atoms with Crippen LogP contribution in [0, 0.1) is 28.9 Å². The van der Waals surface area contributed by atoms with Crippen LogP contribution in [-0.4, -0.2) is 6.04 Å². The van der Waals surface area contributed by atoms with Crippen LogP contribution in [0.2, 0.25) is 0 Å². The first-order valence-corrected chi connectivity index (χ1v) is 5.32. The Morgan fingerprint density at radius 1 is 1.31 bits per heavy atom. The fourth-order valence-electron chi connectivity index (χ4n) is 2.09. The summed E-state index contributed by atoms with van der Waals surface area (Å²) in [6.45, 7) is 0. The molecule has 0 bridgehead atoms. The molecule has 2 rings (SSSR count). The molecule has 1 N–H and O–H groups in total. The van der Waals surface area contributed by atoms with E-state index in [9.17, 15) is 8.78 Å². The first kappa shape index (κ1) is 10.9. The van der Waals surface area contributed by atoms with Crippen molar-refractivity contribution in [3.05, 3.63) is 29.8 Å². The molecule has 16 heavy (non-hydrogen) atoms. The van der Waals surface area contributed by atoms with Gasteiger partial charge in [-0.15, -0.1) is 0 Å². The molecular weight excluding hydrogens is 210 g/mol. The van der Waals surface area contributed by atoms with E-state index >= 15 is 0 Å². The number of nitrogens with zero attached hydrogens (tertiary/aromatic N) is 1. The van der Waals surface area contributed by atoms with Crippen LogP contribution in [-0.2, 0) is 0 Å². The molecule has 0 amide bonds. The molecule has 2 atom stereocenters. The summed E-state index contributed by atoms with van der Waals surface area (Å²) in [4.78, 5) is 0. The summed E-state index contributed by atoms with van der Waals surface area (Å²) >= 11 is 0. The average molecular weight is 222 g/mol. The zero-order chi connectivity index (χ0) is 11.5. The molecule has 1 aliphatic carbocycles. The fourth-order valence-corrected chi connectivity index (χ4v) is 2.09. The molecule has 84 valence electrons. The second-order valence-corrected chi connectivity index (χ2v) is 4.04. The Hall–Kier alpha value is -1.63. The van der Waals surface area contributed by atoms with Gasteiger partial charge in [0.2, 0.25) is 0 Å². The number of nitrogens with one attached hydrogen (secondary N) is 1. The molecule has 0 aliphatic heterocycles. The summed E-state index contributed by atoms with van der Waals surface area (Å²) in [6.07, 6.45) is 2.67. The molecule has 1 aromatic carbocycles. The van der Waals surface area contributed by atoms with Crippen molar-refractivity contribution in [3.63, 3.8) is 0 Å². The van der Waals surface area contributed by atoms with E-state index in [1.54, 1.807) is 0 Å². The van der Waals surface area contributed by atoms with E-state index in [2.05, 4.69) is 11.4 Å². The predicted molar refractivity (Wildman–Crippen MR) is 56.7 cm³/mol. The predicted octanol–water partition coefficient (Wildman–Crippen LogP) is 3.07. The number of anilines is 1. The van der Waals surface area contributed by atoms with Gasteiger partial charge in [-0.25, -0.2) is 8.78 Å². The summed E-state index contributed by atoms with van der Waals surface area (Å²) in [5, 5.41) is 11.9. The molecule has 2 nitrogen and oxygen atoms in total. The minimum Gasteiger partial charge on any atom is -0.379 e. The molecule has 0 saturated heterocycles. The lowest BCUT2D eigenvalue weighted by Crippen LogP contribution is -2.23. The van der Waals surface area contributed by atoms with Crippen molar-refractivity contribution in [2.24, 2.45) is 5.92 Å². The van der Waals surface area contributed by atoms with Crippen LogP contribution in [0.25, 0.3) is 0 Å². The van der Waals surface area contributed by atoms with Crippen molar-refractivity contribution in [1.82, 2.24) is 0 Å². The SMILES string of the molecule is N#CC1CCCC1Nc1ccc(F)cc1F. The molecule has 1 saturated carbocycles. The highest BCUT2D eigenvalue weighted by molar-refractivity contribution is 5.46. The summed E-state index contributed by atoms with van der Waals surface area (Å²) in [5.74, 6) is -1.28. The maximum atomic E-state index is 13.3. The summed E-state index contributed by atoms with van der Waals surface area (Å²) in [6, 6.07) is 5.61. The third-order valence-corrected chi connectivity index (χ3v) is 2.95. The standard InChI is InChI=1S/C12H12F2N2/c13-9-4-5-12(10(14)6-9)16-11-3-1-2-8(11)7-15/h4-6,8,11,16H,1-3H2. The molecule has 0 heterocycles. The van der Waals surface area contributed by atoms with Crippen LogP contribution in [0.15, 0.2) is 18.2 Å². The number of hydrogen-bond acceptors (Lipinski definition) is 2. The Labute approximate surface area is 92.9 Å². The van der Waals surface area contributed by atoms with Crippen molar-refractivity contribution >= 4 is 5.69 Å². The number of rotatable bonds is 2. The van der Waals surface area contributed by atoms with Gasteiger partial charge in [-0.3, -0.25) is 0 Å². The van der Waals surface area contributed by atoms with E-state index < -0.39 is 11.6 Å². The second kappa shape index (κ2) is 4.48. The fraction of sp³-hybridized carbons (Fsp3) is 0.417. The molecule has 0 spiro atoms. The van der Waals surface area contributed by atoms with Gasteiger partial charge in [0.25, 0.3) is 0 Å². The molecule has 0 aromatic heterocycles. The van der Waals surface area contributed by atoms with E-state index in [0.29, 0.717) is 0 Å². The Balaban J connectivity index is 2.12. The smallest absolute Gasteiger partial charge is 0.149 e. The van der Waals surface area contributed by atoms with Gasteiger partial charge >= 0.3 is 0 Å². The van der Waals surface area contributed by atoms with E-state index in [1.807, 2.05) is 0 Å². The molecule has 2 unspecified atom stereocenters. The molecule has 0 radical (unpaired) electrons. The molecule has 1 aliphatic rings. The van der Waals surface area contributed by atoms with E-state index in [1.165, 1.54) is 12.1 Å². The van der Waals surface area contributed by atoms with Gasteiger partial charge in [0.05, 0.1) is 17.7 Å². The molecule has 4 heteroatoms. The Morgan fingerprint density at radius 2 is 2.12 bits per heavy atom. The van der Waals surface area contributed by atoms with Gasteiger partial charge in [-0.1, -0.05) is 0 Å². The summed E-state index contributed by atoms with van der Waals surface area (Å²) < 4.78 is 26.0. The van der Waals surface area contributed by atoms with Gasteiger partial charge in [-0.05, 0) is 31.4 Å². The van der Waals surface area contributed by atoms with Crippen LogP contribution < -0.4 is 5.32 Å². The van der Waals surface area contributed by atoms with Crippen molar-refractivity contribution in [3.8, 4) is 6.07 Å². The molecule has 1 aromatic rings. The maximum absolute atomic E-state index is 13.3. The topological polar surface area (TPSA) is 35.8 Å². The number of hydrogen-bond donors (Lipinski definition) is 1. The van der Waals surface area contributed by atoms with E-state index in [-0.39, 0.29) is 17.6 Å². The highest BCUT2D eigenvalue weighted by atomic mass is 19.1. The third kappa shape index (κ3) is 2.13.